The Hall–Kier alpha value is -2.91. The highest BCUT2D eigenvalue weighted by atomic mass is 19.1. The number of nitrogens with zero attached hydrogens (tertiary/aromatic N) is 1. The maximum atomic E-state index is 12.9. The average molecular weight is 369 g/mol. The Balaban J connectivity index is 1.58. The fourth-order valence-electron chi connectivity index (χ4n) is 3.40. The van der Waals surface area contributed by atoms with Gasteiger partial charge in [-0.1, -0.05) is 11.8 Å². The molecular formula is C21H20FNO4. The zero-order chi connectivity index (χ0) is 18.8. The number of halogens is 1. The topological polar surface area (TPSA) is 40.2 Å². The Morgan fingerprint density at radius 3 is 2.85 bits per heavy atom. The predicted octanol–water partition coefficient (Wildman–Crippen LogP) is 3.17. The Bertz CT molecular complexity index is 901. The fraction of sp³-hybridized carbons (Fsp3) is 0.333. The third-order valence-electron chi connectivity index (χ3n) is 4.76. The van der Waals surface area contributed by atoms with E-state index >= 15 is 0 Å². The Kier molecular flexibility index (Phi) is 4.78. The lowest BCUT2D eigenvalue weighted by atomic mass is 9.91. The van der Waals surface area contributed by atoms with E-state index in [2.05, 4.69) is 16.7 Å². The largest absolute Gasteiger partial charge is 0.492 e. The number of benzene rings is 2. The molecule has 27 heavy (non-hydrogen) atoms. The van der Waals surface area contributed by atoms with Gasteiger partial charge in [-0.15, -0.1) is 0 Å². The van der Waals surface area contributed by atoms with E-state index in [-0.39, 0.29) is 25.3 Å². The van der Waals surface area contributed by atoms with Gasteiger partial charge in [-0.25, -0.2) is 4.39 Å². The SMILES string of the molecule is COc1c2c(cc3c1C(C#CCOc1ccc(F)cc1)N(C)CC3)OCO2. The van der Waals surface area contributed by atoms with Crippen LogP contribution in [-0.4, -0.2) is 39.0 Å². The van der Waals surface area contributed by atoms with Gasteiger partial charge in [0.15, 0.2) is 11.5 Å². The fourth-order valence-corrected chi connectivity index (χ4v) is 3.40. The van der Waals surface area contributed by atoms with Gasteiger partial charge in [-0.2, -0.15) is 0 Å². The first-order chi connectivity index (χ1) is 13.2. The summed E-state index contributed by atoms with van der Waals surface area (Å²) in [6.07, 6.45) is 0.892. The molecule has 1 unspecified atom stereocenters. The first kappa shape index (κ1) is 17.5. The number of fused-ring (bicyclic) bond motifs is 2. The van der Waals surface area contributed by atoms with Crippen molar-refractivity contribution in [3.8, 4) is 34.8 Å². The number of methoxy groups -OCH3 is 1. The number of likely N-dealkylation sites (N-methyl/N-ethyl adjacent to an activating group) is 1. The second kappa shape index (κ2) is 7.37. The first-order valence-corrected chi connectivity index (χ1v) is 8.73. The molecule has 2 heterocycles. The van der Waals surface area contributed by atoms with Crippen LogP contribution in [0, 0.1) is 17.7 Å². The molecule has 0 saturated heterocycles. The summed E-state index contributed by atoms with van der Waals surface area (Å²) in [6, 6.07) is 7.79. The monoisotopic (exact) mass is 369 g/mol. The van der Waals surface area contributed by atoms with E-state index < -0.39 is 0 Å². The molecule has 2 aliphatic rings. The number of hydrogen-bond acceptors (Lipinski definition) is 5. The quantitative estimate of drug-likeness (QED) is 0.778. The van der Waals surface area contributed by atoms with Crippen molar-refractivity contribution in [1.82, 2.24) is 4.90 Å². The van der Waals surface area contributed by atoms with E-state index in [9.17, 15) is 4.39 Å². The van der Waals surface area contributed by atoms with Crippen molar-refractivity contribution in [3.63, 3.8) is 0 Å². The van der Waals surface area contributed by atoms with Crippen LogP contribution >= 0.6 is 0 Å². The predicted molar refractivity (Wildman–Crippen MR) is 97.9 cm³/mol. The van der Waals surface area contributed by atoms with Crippen LogP contribution < -0.4 is 18.9 Å². The van der Waals surface area contributed by atoms with E-state index in [1.807, 2.05) is 13.1 Å². The van der Waals surface area contributed by atoms with Gasteiger partial charge in [0.1, 0.15) is 24.2 Å². The molecule has 1 atom stereocenters. The molecule has 0 amide bonds. The third-order valence-corrected chi connectivity index (χ3v) is 4.76. The summed E-state index contributed by atoms with van der Waals surface area (Å²) in [5.41, 5.74) is 2.18. The highest BCUT2D eigenvalue weighted by Crippen LogP contribution is 2.49. The van der Waals surface area contributed by atoms with Crippen molar-refractivity contribution in [2.75, 3.05) is 34.1 Å². The summed E-state index contributed by atoms with van der Waals surface area (Å²) in [4.78, 5) is 2.18. The molecular weight excluding hydrogens is 349 g/mol. The zero-order valence-electron chi connectivity index (χ0n) is 15.3. The minimum absolute atomic E-state index is 0.130. The molecule has 2 aromatic rings. The Morgan fingerprint density at radius 2 is 2.07 bits per heavy atom. The number of hydrogen-bond donors (Lipinski definition) is 0. The maximum absolute atomic E-state index is 12.9. The molecule has 4 rings (SSSR count). The molecule has 0 saturated carbocycles. The van der Waals surface area contributed by atoms with Crippen molar-refractivity contribution in [2.24, 2.45) is 0 Å². The van der Waals surface area contributed by atoms with Gasteiger partial charge >= 0.3 is 0 Å². The van der Waals surface area contributed by atoms with Crippen molar-refractivity contribution in [2.45, 2.75) is 12.5 Å². The average Bonchev–Trinajstić information content (AvgIpc) is 3.14. The Morgan fingerprint density at radius 1 is 1.26 bits per heavy atom. The molecule has 2 aromatic carbocycles. The molecule has 0 spiro atoms. The van der Waals surface area contributed by atoms with Crippen molar-refractivity contribution < 1.29 is 23.3 Å². The van der Waals surface area contributed by atoms with Gasteiger partial charge in [0.25, 0.3) is 0 Å². The van der Waals surface area contributed by atoms with Crippen molar-refractivity contribution in [1.29, 1.82) is 0 Å². The van der Waals surface area contributed by atoms with Crippen LogP contribution in [0.1, 0.15) is 17.2 Å². The minimum atomic E-state index is -0.292. The summed E-state index contributed by atoms with van der Waals surface area (Å²) in [7, 11) is 3.67. The lowest BCUT2D eigenvalue weighted by Gasteiger charge is -2.32. The summed E-state index contributed by atoms with van der Waals surface area (Å²) in [5, 5.41) is 0. The molecule has 6 heteroatoms. The van der Waals surface area contributed by atoms with Crippen molar-refractivity contribution >= 4 is 0 Å². The van der Waals surface area contributed by atoms with E-state index in [0.717, 1.165) is 29.8 Å². The first-order valence-electron chi connectivity index (χ1n) is 8.73. The molecule has 0 aromatic heterocycles. The lowest BCUT2D eigenvalue weighted by molar-refractivity contribution is 0.171. The van der Waals surface area contributed by atoms with Crippen LogP contribution in [0.15, 0.2) is 30.3 Å². The molecule has 0 fully saturated rings. The second-order valence-electron chi connectivity index (χ2n) is 6.41. The minimum Gasteiger partial charge on any atom is -0.492 e. The van der Waals surface area contributed by atoms with Crippen LogP contribution in [0.5, 0.6) is 23.0 Å². The molecule has 5 nitrogen and oxygen atoms in total. The van der Waals surface area contributed by atoms with E-state index in [1.165, 1.54) is 12.1 Å². The maximum Gasteiger partial charge on any atom is 0.231 e. The van der Waals surface area contributed by atoms with Crippen molar-refractivity contribution in [3.05, 3.63) is 47.3 Å². The van der Waals surface area contributed by atoms with E-state index in [1.54, 1.807) is 19.2 Å². The van der Waals surface area contributed by atoms with Crippen LogP contribution in [0.2, 0.25) is 0 Å². The molecule has 2 aliphatic heterocycles. The van der Waals surface area contributed by atoms with Crippen LogP contribution in [0.3, 0.4) is 0 Å². The van der Waals surface area contributed by atoms with Crippen LogP contribution in [0.4, 0.5) is 4.39 Å². The highest BCUT2D eigenvalue weighted by molar-refractivity contribution is 5.62. The summed E-state index contributed by atoms with van der Waals surface area (Å²) >= 11 is 0. The van der Waals surface area contributed by atoms with Gasteiger partial charge in [0.2, 0.25) is 12.5 Å². The highest BCUT2D eigenvalue weighted by Gasteiger charge is 2.33. The van der Waals surface area contributed by atoms with Gasteiger partial charge < -0.3 is 18.9 Å². The second-order valence-corrected chi connectivity index (χ2v) is 6.41. The zero-order valence-corrected chi connectivity index (χ0v) is 15.3. The number of rotatable bonds is 3. The summed E-state index contributed by atoms with van der Waals surface area (Å²) in [6.45, 7) is 1.30. The van der Waals surface area contributed by atoms with Gasteiger partial charge in [0, 0.05) is 12.1 Å². The van der Waals surface area contributed by atoms with Crippen LogP contribution in [-0.2, 0) is 6.42 Å². The standard InChI is InChI=1S/C21H20FNO4/c1-23-10-9-14-12-18-20(27-13-26-18)21(24-2)19(14)17(23)4-3-11-25-16-7-5-15(22)6-8-16/h5-8,12,17H,9-11,13H2,1-2H3. The normalized spacial score (nSPS) is 17.7. The van der Waals surface area contributed by atoms with Crippen LogP contribution in [0.25, 0.3) is 0 Å². The summed E-state index contributed by atoms with van der Waals surface area (Å²) < 4.78 is 35.3. The lowest BCUT2D eigenvalue weighted by Crippen LogP contribution is -2.31. The Labute approximate surface area is 157 Å². The summed E-state index contributed by atoms with van der Waals surface area (Å²) in [5.74, 6) is 8.69. The van der Waals surface area contributed by atoms with E-state index in [4.69, 9.17) is 18.9 Å². The molecule has 0 N–H and O–H groups in total. The van der Waals surface area contributed by atoms with Gasteiger partial charge in [-0.05, 0) is 49.4 Å². The van der Waals surface area contributed by atoms with E-state index in [0.29, 0.717) is 17.2 Å². The van der Waals surface area contributed by atoms with Gasteiger partial charge in [0.05, 0.1) is 7.11 Å². The third kappa shape index (κ3) is 3.38. The molecule has 0 radical (unpaired) electrons. The molecule has 0 bridgehead atoms. The number of ether oxygens (including phenoxy) is 4. The smallest absolute Gasteiger partial charge is 0.231 e. The molecule has 0 aliphatic carbocycles. The van der Waals surface area contributed by atoms with Gasteiger partial charge in [-0.3, -0.25) is 4.90 Å². The molecule has 140 valence electrons.